The lowest BCUT2D eigenvalue weighted by atomic mass is 9.66. The van der Waals surface area contributed by atoms with Gasteiger partial charge in [-0.3, -0.25) is 4.79 Å². The lowest BCUT2D eigenvalue weighted by molar-refractivity contribution is -0.169. The molecule has 2 rings (SSSR count). The van der Waals surface area contributed by atoms with E-state index in [-0.39, 0.29) is 42.9 Å². The second-order valence-electron chi connectivity index (χ2n) is 11.3. The van der Waals surface area contributed by atoms with Gasteiger partial charge < -0.3 is 20.1 Å². The van der Waals surface area contributed by atoms with Crippen LogP contribution in [0.15, 0.2) is 11.6 Å². The number of aliphatic hydroxyl groups is 3. The fourth-order valence-electron chi connectivity index (χ4n) is 6.87. The molecule has 7 atom stereocenters. The molecule has 34 heavy (non-hydrogen) atoms. The van der Waals surface area contributed by atoms with Crippen LogP contribution in [0, 0.1) is 29.6 Å². The monoisotopic (exact) mass is 480 g/mol. The first-order valence-electron chi connectivity index (χ1n) is 14.1. The van der Waals surface area contributed by atoms with Crippen LogP contribution in [0.2, 0.25) is 0 Å². The van der Waals surface area contributed by atoms with Gasteiger partial charge in [0.2, 0.25) is 0 Å². The van der Waals surface area contributed by atoms with Gasteiger partial charge in [-0.15, -0.1) is 0 Å². The molecule has 0 aromatic heterocycles. The number of allylic oxidation sites excluding steroid dienone is 1. The van der Waals surface area contributed by atoms with Gasteiger partial charge in [-0.25, -0.2) is 0 Å². The van der Waals surface area contributed by atoms with Crippen LogP contribution in [0.4, 0.5) is 0 Å². The maximum atomic E-state index is 13.7. The maximum Gasteiger partial charge on any atom is 0.312 e. The molecule has 0 heterocycles. The van der Waals surface area contributed by atoms with Crippen molar-refractivity contribution in [2.24, 2.45) is 29.6 Å². The maximum absolute atomic E-state index is 13.7. The van der Waals surface area contributed by atoms with Crippen molar-refractivity contribution in [2.75, 3.05) is 13.2 Å². The molecule has 0 bridgehead atoms. The van der Waals surface area contributed by atoms with E-state index in [1.165, 1.54) is 0 Å². The predicted molar refractivity (Wildman–Crippen MR) is 137 cm³/mol. The summed E-state index contributed by atoms with van der Waals surface area (Å²) in [5.74, 6) is -0.727. The average Bonchev–Trinajstić information content (AvgIpc) is 3.29. The van der Waals surface area contributed by atoms with Gasteiger partial charge in [-0.05, 0) is 88.5 Å². The Balaban J connectivity index is 2.37. The summed E-state index contributed by atoms with van der Waals surface area (Å²) in [6, 6.07) is 0. The summed E-state index contributed by atoms with van der Waals surface area (Å²) in [5, 5.41) is 32.9. The average molecular weight is 481 g/mol. The molecule has 5 nitrogen and oxygen atoms in total. The normalized spacial score (nSPS) is 32.0. The molecule has 0 saturated heterocycles. The van der Waals surface area contributed by atoms with Gasteiger partial charge in [0.1, 0.15) is 6.61 Å². The molecule has 5 heteroatoms. The molecule has 0 amide bonds. The van der Waals surface area contributed by atoms with Crippen LogP contribution in [0.1, 0.15) is 111 Å². The minimum Gasteiger partial charge on any atom is -0.461 e. The van der Waals surface area contributed by atoms with Crippen LogP contribution in [-0.4, -0.2) is 46.2 Å². The molecule has 2 fully saturated rings. The fourth-order valence-corrected chi connectivity index (χ4v) is 6.87. The molecule has 0 aromatic carbocycles. The summed E-state index contributed by atoms with van der Waals surface area (Å²) < 4.78 is 5.78. The van der Waals surface area contributed by atoms with Gasteiger partial charge >= 0.3 is 5.97 Å². The highest BCUT2D eigenvalue weighted by Crippen LogP contribution is 2.54. The van der Waals surface area contributed by atoms with E-state index in [4.69, 9.17) is 4.74 Å². The van der Waals surface area contributed by atoms with Crippen molar-refractivity contribution in [1.29, 1.82) is 0 Å². The molecule has 0 radical (unpaired) electrons. The number of ether oxygens (including phenoxy) is 1. The van der Waals surface area contributed by atoms with Crippen LogP contribution < -0.4 is 0 Å². The lowest BCUT2D eigenvalue weighted by Crippen LogP contribution is -2.51. The van der Waals surface area contributed by atoms with E-state index in [0.29, 0.717) is 19.3 Å². The number of unbranched alkanes of at least 4 members (excludes halogenated alkanes) is 4. The van der Waals surface area contributed by atoms with Crippen LogP contribution in [-0.2, 0) is 9.53 Å². The van der Waals surface area contributed by atoms with E-state index in [2.05, 4.69) is 13.8 Å². The van der Waals surface area contributed by atoms with Gasteiger partial charge in [-0.2, -0.15) is 0 Å². The number of aliphatic hydroxyl groups excluding tert-OH is 2. The van der Waals surface area contributed by atoms with Crippen molar-refractivity contribution in [3.8, 4) is 0 Å². The molecule has 198 valence electrons. The zero-order valence-electron chi connectivity index (χ0n) is 22.3. The topological polar surface area (TPSA) is 87.0 Å². The molecular formula is C29H52O5. The van der Waals surface area contributed by atoms with E-state index in [1.54, 1.807) is 0 Å². The lowest BCUT2D eigenvalue weighted by Gasteiger charge is -2.43. The largest absolute Gasteiger partial charge is 0.461 e. The number of esters is 1. The molecule has 0 spiro atoms. The quantitative estimate of drug-likeness (QED) is 0.157. The number of carbonyl (C=O) groups excluding carboxylic acids is 1. The van der Waals surface area contributed by atoms with Crippen molar-refractivity contribution in [3.05, 3.63) is 11.6 Å². The standard InChI is InChI=1S/C29H52O5/c1-5-7-9-11-23-24(13-14-26(23)31)27(28(32)34-20-17-21(3)4)29(33)18-15-22(16-19-30)25(29)12-10-8-6-2/h17,22-27,30-31,33H,5-16,18-20H2,1-4H3. The first-order chi connectivity index (χ1) is 16.3. The third kappa shape index (κ3) is 7.54. The van der Waals surface area contributed by atoms with Crippen LogP contribution in [0.3, 0.4) is 0 Å². The van der Waals surface area contributed by atoms with Gasteiger partial charge in [0.05, 0.1) is 17.6 Å². The van der Waals surface area contributed by atoms with E-state index >= 15 is 0 Å². The summed E-state index contributed by atoms with van der Waals surface area (Å²) in [6.45, 7) is 8.66. The van der Waals surface area contributed by atoms with E-state index < -0.39 is 17.6 Å². The SMILES string of the molecule is CCCCCC1C(O)CCC1C(C(=O)OCC=C(C)C)C1(O)CCC(CCO)C1CCCCC. The van der Waals surface area contributed by atoms with Crippen molar-refractivity contribution in [1.82, 2.24) is 0 Å². The summed E-state index contributed by atoms with van der Waals surface area (Å²) in [5.41, 5.74) is -0.0361. The zero-order chi connectivity index (χ0) is 25.1. The van der Waals surface area contributed by atoms with Gasteiger partial charge in [0.25, 0.3) is 0 Å². The molecule has 3 N–H and O–H groups in total. The summed E-state index contributed by atoms with van der Waals surface area (Å²) in [4.78, 5) is 13.7. The third-order valence-corrected chi connectivity index (χ3v) is 8.66. The Morgan fingerprint density at radius 2 is 1.71 bits per heavy atom. The van der Waals surface area contributed by atoms with Gasteiger partial charge in [0.15, 0.2) is 0 Å². The van der Waals surface area contributed by atoms with Crippen LogP contribution in [0.5, 0.6) is 0 Å². The molecule has 0 aromatic rings. The van der Waals surface area contributed by atoms with E-state index in [0.717, 1.165) is 69.8 Å². The molecule has 2 aliphatic rings. The third-order valence-electron chi connectivity index (χ3n) is 8.66. The van der Waals surface area contributed by atoms with E-state index in [9.17, 15) is 20.1 Å². The Labute approximate surface area is 208 Å². The molecule has 2 aliphatic carbocycles. The van der Waals surface area contributed by atoms with Crippen LogP contribution >= 0.6 is 0 Å². The summed E-state index contributed by atoms with van der Waals surface area (Å²) >= 11 is 0. The molecular weight excluding hydrogens is 428 g/mol. The second-order valence-corrected chi connectivity index (χ2v) is 11.3. The fraction of sp³-hybridized carbons (Fsp3) is 0.897. The molecule has 0 aliphatic heterocycles. The van der Waals surface area contributed by atoms with Crippen molar-refractivity contribution < 1.29 is 24.9 Å². The van der Waals surface area contributed by atoms with Crippen LogP contribution in [0.25, 0.3) is 0 Å². The highest BCUT2D eigenvalue weighted by Gasteiger charge is 2.58. The predicted octanol–water partition coefficient (Wildman–Crippen LogP) is 5.80. The van der Waals surface area contributed by atoms with Crippen molar-refractivity contribution >= 4 is 5.97 Å². The zero-order valence-corrected chi connectivity index (χ0v) is 22.3. The number of rotatable bonds is 15. The minimum absolute atomic E-state index is 0.0127. The Kier molecular flexibility index (Phi) is 12.6. The molecule has 7 unspecified atom stereocenters. The summed E-state index contributed by atoms with van der Waals surface area (Å²) in [7, 11) is 0. The highest BCUT2D eigenvalue weighted by molar-refractivity contribution is 5.75. The Morgan fingerprint density at radius 3 is 2.32 bits per heavy atom. The molecule has 2 saturated carbocycles. The highest BCUT2D eigenvalue weighted by atomic mass is 16.5. The smallest absolute Gasteiger partial charge is 0.312 e. The van der Waals surface area contributed by atoms with Gasteiger partial charge in [0, 0.05) is 6.61 Å². The Hall–Kier alpha value is -0.910. The van der Waals surface area contributed by atoms with Crippen molar-refractivity contribution in [3.63, 3.8) is 0 Å². The first kappa shape index (κ1) is 29.3. The Bertz CT molecular complexity index is 628. The Morgan fingerprint density at radius 1 is 1.03 bits per heavy atom. The number of hydrogen-bond donors (Lipinski definition) is 3. The minimum atomic E-state index is -1.13. The second kappa shape index (κ2) is 14.6. The first-order valence-corrected chi connectivity index (χ1v) is 14.1. The number of carbonyl (C=O) groups is 1. The van der Waals surface area contributed by atoms with Crippen molar-refractivity contribution in [2.45, 2.75) is 123 Å². The summed E-state index contributed by atoms with van der Waals surface area (Å²) in [6.07, 6.45) is 13.3. The van der Waals surface area contributed by atoms with E-state index in [1.807, 2.05) is 19.9 Å². The van der Waals surface area contributed by atoms with Gasteiger partial charge in [-0.1, -0.05) is 57.9 Å². The number of hydrogen-bond acceptors (Lipinski definition) is 5.